The van der Waals surface area contributed by atoms with Crippen LogP contribution < -0.4 is 0 Å². The van der Waals surface area contributed by atoms with Crippen molar-refractivity contribution >= 4 is 17.9 Å². The summed E-state index contributed by atoms with van der Waals surface area (Å²) >= 11 is 0. The molecule has 6 nitrogen and oxygen atoms in total. The van der Waals surface area contributed by atoms with Crippen molar-refractivity contribution in [2.24, 2.45) is 0 Å². The molecule has 64 heavy (non-hydrogen) atoms. The summed E-state index contributed by atoms with van der Waals surface area (Å²) < 4.78 is 16.7. The molecular weight excluding hydrogens is 793 g/mol. The summed E-state index contributed by atoms with van der Waals surface area (Å²) in [5.41, 5.74) is 0. The van der Waals surface area contributed by atoms with Crippen LogP contribution in [0.3, 0.4) is 0 Å². The molecule has 0 aliphatic rings. The number of carbonyl (C=O) groups excluding carboxylic acids is 3. The Kier molecular flexibility index (Phi) is 49.9. The number of ether oxygens (including phenoxy) is 3. The molecule has 0 aliphatic heterocycles. The highest BCUT2D eigenvalue weighted by molar-refractivity contribution is 5.71. The number of rotatable bonds is 48. The lowest BCUT2D eigenvalue weighted by Crippen LogP contribution is -2.30. The molecule has 6 heteroatoms. The second-order valence-corrected chi connectivity index (χ2v) is 17.8. The first kappa shape index (κ1) is 60.9. The maximum absolute atomic E-state index is 12.8. The minimum absolute atomic E-state index is 0.103. The summed E-state index contributed by atoms with van der Waals surface area (Å²) in [6, 6.07) is 0. The molecule has 0 heterocycles. The summed E-state index contributed by atoms with van der Waals surface area (Å²) in [7, 11) is 0. The Morgan fingerprint density at radius 3 is 1.11 bits per heavy atom. The molecule has 1 unspecified atom stereocenters. The van der Waals surface area contributed by atoms with E-state index in [1.165, 1.54) is 122 Å². The Bertz CT molecular complexity index is 1210. The van der Waals surface area contributed by atoms with Crippen LogP contribution in [0.5, 0.6) is 0 Å². The lowest BCUT2D eigenvalue weighted by atomic mass is 10.1. The number of hydrogen-bond acceptors (Lipinski definition) is 6. The highest BCUT2D eigenvalue weighted by Crippen LogP contribution is 2.14. The van der Waals surface area contributed by atoms with E-state index in [0.717, 1.165) is 96.3 Å². The Morgan fingerprint density at radius 1 is 0.344 bits per heavy atom. The van der Waals surface area contributed by atoms with E-state index < -0.39 is 6.10 Å². The van der Waals surface area contributed by atoms with Gasteiger partial charge in [0.05, 0.1) is 0 Å². The molecule has 0 saturated carbocycles. The van der Waals surface area contributed by atoms with Crippen LogP contribution in [0.4, 0.5) is 0 Å². The smallest absolute Gasteiger partial charge is 0.306 e. The Morgan fingerprint density at radius 2 is 0.656 bits per heavy atom. The predicted molar refractivity (Wildman–Crippen MR) is 274 cm³/mol. The summed E-state index contributed by atoms with van der Waals surface area (Å²) in [5, 5.41) is 0. The van der Waals surface area contributed by atoms with Crippen LogP contribution in [-0.2, 0) is 28.6 Å². The number of allylic oxidation sites excluding steroid dienone is 12. The fourth-order valence-corrected chi connectivity index (χ4v) is 7.38. The molecule has 1 atom stereocenters. The number of hydrogen-bond donors (Lipinski definition) is 0. The largest absolute Gasteiger partial charge is 0.462 e. The molecule has 0 spiro atoms. The zero-order valence-corrected chi connectivity index (χ0v) is 42.0. The van der Waals surface area contributed by atoms with Gasteiger partial charge in [-0.2, -0.15) is 0 Å². The zero-order valence-electron chi connectivity index (χ0n) is 42.0. The number of esters is 3. The fraction of sp³-hybridized carbons (Fsp3) is 0.741. The topological polar surface area (TPSA) is 78.9 Å². The van der Waals surface area contributed by atoms with Crippen LogP contribution in [0.1, 0.15) is 258 Å². The van der Waals surface area contributed by atoms with Crippen LogP contribution in [0.15, 0.2) is 72.9 Å². The number of carbonyl (C=O) groups is 3. The highest BCUT2D eigenvalue weighted by Gasteiger charge is 2.19. The van der Waals surface area contributed by atoms with Crippen LogP contribution >= 0.6 is 0 Å². The van der Waals surface area contributed by atoms with Crippen molar-refractivity contribution in [3.05, 3.63) is 72.9 Å². The average Bonchev–Trinajstić information content (AvgIpc) is 3.29. The molecule has 0 aromatic carbocycles. The predicted octanol–water partition coefficient (Wildman–Crippen LogP) is 17.8. The Labute approximate surface area is 395 Å². The Hall–Kier alpha value is -3.15. The third-order valence-corrected chi connectivity index (χ3v) is 11.4. The molecule has 0 bridgehead atoms. The fourth-order valence-electron chi connectivity index (χ4n) is 7.38. The summed E-state index contributed by atoms with van der Waals surface area (Å²) in [5.74, 6) is -0.975. The van der Waals surface area contributed by atoms with E-state index >= 15 is 0 Å². The summed E-state index contributed by atoms with van der Waals surface area (Å²) in [6.45, 7) is 6.46. The maximum Gasteiger partial charge on any atom is 0.306 e. The Balaban J connectivity index is 4.44. The molecule has 0 aliphatic carbocycles. The van der Waals surface area contributed by atoms with Gasteiger partial charge in [-0.15, -0.1) is 0 Å². The first-order valence-electron chi connectivity index (χ1n) is 27.0. The molecular formula is C58H100O6. The highest BCUT2D eigenvalue weighted by atomic mass is 16.6. The van der Waals surface area contributed by atoms with E-state index in [1.54, 1.807) is 0 Å². The molecule has 0 saturated heterocycles. The van der Waals surface area contributed by atoms with Gasteiger partial charge in [0.1, 0.15) is 13.2 Å². The summed E-state index contributed by atoms with van der Waals surface area (Å²) in [4.78, 5) is 38.0. The zero-order chi connectivity index (χ0) is 46.5. The first-order valence-corrected chi connectivity index (χ1v) is 27.0. The maximum atomic E-state index is 12.8. The molecule has 0 amide bonds. The number of unbranched alkanes of at least 4 members (excludes halogenated alkanes) is 26. The molecule has 0 aromatic heterocycles. The van der Waals surface area contributed by atoms with Crippen molar-refractivity contribution < 1.29 is 28.6 Å². The summed E-state index contributed by atoms with van der Waals surface area (Å²) in [6.07, 6.45) is 66.1. The minimum atomic E-state index is -0.807. The van der Waals surface area contributed by atoms with Crippen LogP contribution in [0, 0.1) is 0 Å². The average molecular weight is 893 g/mol. The van der Waals surface area contributed by atoms with E-state index in [0.29, 0.717) is 12.8 Å². The van der Waals surface area contributed by atoms with Crippen molar-refractivity contribution in [2.75, 3.05) is 13.2 Å². The van der Waals surface area contributed by atoms with Gasteiger partial charge >= 0.3 is 17.9 Å². The van der Waals surface area contributed by atoms with Gasteiger partial charge in [-0.05, 0) is 103 Å². The van der Waals surface area contributed by atoms with E-state index in [2.05, 4.69) is 93.7 Å². The third-order valence-electron chi connectivity index (χ3n) is 11.4. The standard InChI is InChI=1S/C58H100O6/c1-4-7-10-13-16-19-22-25-27-29-30-32-33-36-39-42-45-48-51-57(60)63-54-55(53-62-56(59)50-47-44-41-38-35-24-21-18-15-12-9-6-3)64-58(61)52-49-46-43-40-37-34-31-28-26-23-20-17-14-11-8-5-2/h9,12,18,21,28,30-32,34-35,37-38,55H,4-8,10-11,13-17,19-20,22-27,29,33,36,39-54H2,1-3H3/b12-9-,21-18-,31-28-,32-30-,37-34-,38-35-. The molecule has 0 fully saturated rings. The van der Waals surface area contributed by atoms with E-state index in [1.807, 2.05) is 0 Å². The van der Waals surface area contributed by atoms with Gasteiger partial charge in [-0.25, -0.2) is 0 Å². The van der Waals surface area contributed by atoms with Gasteiger partial charge in [-0.3, -0.25) is 14.4 Å². The third kappa shape index (κ3) is 49.9. The van der Waals surface area contributed by atoms with Crippen LogP contribution in [0.2, 0.25) is 0 Å². The van der Waals surface area contributed by atoms with Gasteiger partial charge in [0.15, 0.2) is 6.10 Å². The van der Waals surface area contributed by atoms with Crippen LogP contribution in [0.25, 0.3) is 0 Å². The molecule has 0 rings (SSSR count). The first-order chi connectivity index (χ1) is 31.5. The van der Waals surface area contributed by atoms with Gasteiger partial charge in [0.2, 0.25) is 0 Å². The second-order valence-electron chi connectivity index (χ2n) is 17.8. The van der Waals surface area contributed by atoms with Gasteiger partial charge < -0.3 is 14.2 Å². The van der Waals surface area contributed by atoms with Gasteiger partial charge in [0.25, 0.3) is 0 Å². The monoisotopic (exact) mass is 893 g/mol. The molecule has 0 aromatic rings. The molecule has 0 radical (unpaired) electrons. The minimum Gasteiger partial charge on any atom is -0.462 e. The SMILES string of the molecule is CC/C=C\C/C=C\C/C=C\CCCCC(=O)OCC(COC(=O)CCCCCCC/C=C\CCCCCCCCCCC)OC(=O)CCCCC/C=C\C=C/CCCCCCCCC. The van der Waals surface area contributed by atoms with Gasteiger partial charge in [0, 0.05) is 19.3 Å². The van der Waals surface area contributed by atoms with E-state index in [-0.39, 0.29) is 37.5 Å². The normalized spacial score (nSPS) is 12.6. The van der Waals surface area contributed by atoms with Crippen LogP contribution in [-0.4, -0.2) is 37.2 Å². The lowest BCUT2D eigenvalue weighted by molar-refractivity contribution is -0.167. The lowest BCUT2D eigenvalue weighted by Gasteiger charge is -2.18. The van der Waals surface area contributed by atoms with Crippen molar-refractivity contribution in [3.63, 3.8) is 0 Å². The van der Waals surface area contributed by atoms with E-state index in [9.17, 15) is 14.4 Å². The van der Waals surface area contributed by atoms with E-state index in [4.69, 9.17) is 14.2 Å². The second kappa shape index (κ2) is 52.5. The quantitative estimate of drug-likeness (QED) is 0.0199. The van der Waals surface area contributed by atoms with Crippen molar-refractivity contribution in [1.29, 1.82) is 0 Å². The van der Waals surface area contributed by atoms with Crippen molar-refractivity contribution in [3.8, 4) is 0 Å². The van der Waals surface area contributed by atoms with Crippen molar-refractivity contribution in [1.82, 2.24) is 0 Å². The van der Waals surface area contributed by atoms with Gasteiger partial charge in [-0.1, -0.05) is 209 Å². The molecule has 0 N–H and O–H groups in total. The molecule has 368 valence electrons. The van der Waals surface area contributed by atoms with Crippen molar-refractivity contribution in [2.45, 2.75) is 264 Å².